The molecule has 0 atom stereocenters. The first kappa shape index (κ1) is 17.6. The van der Waals surface area contributed by atoms with Gasteiger partial charge in [-0.3, -0.25) is 0 Å². The number of halogens is 3. The van der Waals surface area contributed by atoms with Crippen LogP contribution in [0.1, 0.15) is 11.3 Å². The third-order valence-electron chi connectivity index (χ3n) is 2.71. The fraction of sp³-hybridized carbons (Fsp3) is 0.200. The normalized spacial score (nSPS) is 11.0. The quantitative estimate of drug-likeness (QED) is 0.380. The molecule has 23 heavy (non-hydrogen) atoms. The van der Waals surface area contributed by atoms with Crippen LogP contribution in [0.2, 0.25) is 0 Å². The van der Waals surface area contributed by atoms with Crippen molar-refractivity contribution in [3.05, 3.63) is 47.1 Å². The van der Waals surface area contributed by atoms with E-state index in [2.05, 4.69) is 15.0 Å². The van der Waals surface area contributed by atoms with E-state index in [1.54, 1.807) is 6.21 Å². The molecule has 8 heteroatoms. The van der Waals surface area contributed by atoms with Crippen LogP contribution < -0.4 is 0 Å². The molecule has 1 aromatic carbocycles. The first-order chi connectivity index (χ1) is 11.1. The minimum absolute atomic E-state index is 0.186. The summed E-state index contributed by atoms with van der Waals surface area (Å²) in [6.45, 7) is 0. The van der Waals surface area contributed by atoms with E-state index in [1.807, 2.05) is 30.3 Å². The topological polar surface area (TPSA) is 34.5 Å². The number of rotatable bonds is 7. The molecule has 0 saturated heterocycles. The molecule has 0 aliphatic rings. The van der Waals surface area contributed by atoms with E-state index < -0.39 is 11.9 Å². The molecule has 0 fully saturated rings. The Labute approximate surface area is 139 Å². The van der Waals surface area contributed by atoms with Crippen molar-refractivity contribution in [1.82, 2.24) is 4.98 Å². The largest absolute Gasteiger partial charge is 0.399 e. The molecule has 0 aliphatic carbocycles. The summed E-state index contributed by atoms with van der Waals surface area (Å²) < 4.78 is 37.5. The van der Waals surface area contributed by atoms with Crippen LogP contribution in [-0.4, -0.2) is 24.1 Å². The van der Waals surface area contributed by atoms with Gasteiger partial charge >= 0.3 is 6.08 Å². The molecule has 0 aliphatic heterocycles. The van der Waals surface area contributed by atoms with Crippen molar-refractivity contribution >= 4 is 29.3 Å². The average Bonchev–Trinajstić information content (AvgIpc) is 2.96. The summed E-state index contributed by atoms with van der Waals surface area (Å²) in [5.74, 6) is -1.19. The SMILES string of the molecule is CO/N=C\c1sc(SCCC(F)=C(F)F)nc1-c1ccccc1. The molecule has 0 saturated carbocycles. The summed E-state index contributed by atoms with van der Waals surface area (Å²) in [7, 11) is 1.44. The Balaban J connectivity index is 2.17. The Bertz CT molecular complexity index is 698. The third-order valence-corrected chi connectivity index (χ3v) is 4.84. The fourth-order valence-corrected chi connectivity index (χ4v) is 3.73. The summed E-state index contributed by atoms with van der Waals surface area (Å²) in [5.41, 5.74) is 1.64. The van der Waals surface area contributed by atoms with Gasteiger partial charge in [-0.25, -0.2) is 9.37 Å². The van der Waals surface area contributed by atoms with E-state index in [1.165, 1.54) is 30.2 Å². The predicted molar refractivity (Wildman–Crippen MR) is 87.8 cm³/mol. The van der Waals surface area contributed by atoms with Crippen LogP contribution in [0.3, 0.4) is 0 Å². The molecule has 0 N–H and O–H groups in total. The number of thiazole rings is 1. The van der Waals surface area contributed by atoms with Gasteiger partial charge in [0.2, 0.25) is 0 Å². The first-order valence-corrected chi connectivity index (χ1v) is 8.37. The number of nitrogens with zero attached hydrogens (tertiary/aromatic N) is 2. The van der Waals surface area contributed by atoms with Gasteiger partial charge in [0.15, 0.2) is 10.2 Å². The summed E-state index contributed by atoms with van der Waals surface area (Å²) in [5, 5.41) is 3.74. The van der Waals surface area contributed by atoms with E-state index in [-0.39, 0.29) is 12.2 Å². The monoisotopic (exact) mass is 358 g/mol. The predicted octanol–water partition coefficient (Wildman–Crippen LogP) is 5.35. The molecular formula is C15H13F3N2OS2. The number of aromatic nitrogens is 1. The summed E-state index contributed by atoms with van der Waals surface area (Å²) >= 11 is 2.58. The Hall–Kier alpha value is -1.80. The Morgan fingerprint density at radius 2 is 2.04 bits per heavy atom. The molecule has 2 rings (SSSR count). The second kappa shape index (κ2) is 8.73. The lowest BCUT2D eigenvalue weighted by Crippen LogP contribution is -1.85. The molecule has 0 amide bonds. The molecule has 2 aromatic rings. The molecule has 0 bridgehead atoms. The van der Waals surface area contributed by atoms with Crippen LogP contribution in [0.4, 0.5) is 13.2 Å². The van der Waals surface area contributed by atoms with Gasteiger partial charge in [0.05, 0.1) is 16.8 Å². The highest BCUT2D eigenvalue weighted by molar-refractivity contribution is 8.01. The minimum atomic E-state index is -2.26. The lowest BCUT2D eigenvalue weighted by molar-refractivity contribution is 0.215. The van der Waals surface area contributed by atoms with Crippen LogP contribution in [0, 0.1) is 0 Å². The zero-order valence-electron chi connectivity index (χ0n) is 12.1. The Kier molecular flexibility index (Phi) is 6.66. The zero-order valence-corrected chi connectivity index (χ0v) is 13.8. The molecule has 0 unspecified atom stereocenters. The van der Waals surface area contributed by atoms with Crippen LogP contribution in [0.25, 0.3) is 11.3 Å². The molecule has 0 spiro atoms. The summed E-state index contributed by atoms with van der Waals surface area (Å²) in [4.78, 5) is 9.96. The second-order valence-electron chi connectivity index (χ2n) is 4.24. The van der Waals surface area contributed by atoms with Gasteiger partial charge in [-0.2, -0.15) is 8.78 Å². The van der Waals surface area contributed by atoms with E-state index in [0.717, 1.165) is 16.1 Å². The van der Waals surface area contributed by atoms with Crippen molar-refractivity contribution in [2.45, 2.75) is 10.8 Å². The fourth-order valence-electron chi connectivity index (χ4n) is 1.69. The van der Waals surface area contributed by atoms with Crippen molar-refractivity contribution in [3.63, 3.8) is 0 Å². The maximum Gasteiger partial charge on any atom is 0.301 e. The molecule has 1 aromatic heterocycles. The van der Waals surface area contributed by atoms with Gasteiger partial charge < -0.3 is 4.84 Å². The number of allylic oxidation sites excluding steroid dienone is 1. The lowest BCUT2D eigenvalue weighted by Gasteiger charge is -1.97. The lowest BCUT2D eigenvalue weighted by atomic mass is 10.1. The van der Waals surface area contributed by atoms with Crippen molar-refractivity contribution in [2.24, 2.45) is 5.16 Å². The number of hydrogen-bond donors (Lipinski definition) is 0. The van der Waals surface area contributed by atoms with E-state index in [9.17, 15) is 13.2 Å². The molecule has 122 valence electrons. The van der Waals surface area contributed by atoms with E-state index in [0.29, 0.717) is 4.34 Å². The highest BCUT2D eigenvalue weighted by Crippen LogP contribution is 2.33. The smallest absolute Gasteiger partial charge is 0.301 e. The van der Waals surface area contributed by atoms with Crippen LogP contribution >= 0.6 is 23.1 Å². The van der Waals surface area contributed by atoms with Crippen LogP contribution in [-0.2, 0) is 4.84 Å². The maximum atomic E-state index is 12.8. The molecular weight excluding hydrogens is 345 g/mol. The minimum Gasteiger partial charge on any atom is -0.399 e. The van der Waals surface area contributed by atoms with Crippen molar-refractivity contribution in [2.75, 3.05) is 12.9 Å². The highest BCUT2D eigenvalue weighted by atomic mass is 32.2. The third kappa shape index (κ3) is 5.11. The number of hydrogen-bond acceptors (Lipinski definition) is 5. The van der Waals surface area contributed by atoms with Crippen LogP contribution in [0.15, 0.2) is 51.7 Å². The Morgan fingerprint density at radius 3 is 2.70 bits per heavy atom. The molecule has 3 nitrogen and oxygen atoms in total. The number of thioether (sulfide) groups is 1. The zero-order chi connectivity index (χ0) is 16.7. The second-order valence-corrected chi connectivity index (χ2v) is 6.61. The molecule has 1 heterocycles. The van der Waals surface area contributed by atoms with Gasteiger partial charge in [0.1, 0.15) is 7.11 Å². The molecule has 0 radical (unpaired) electrons. The maximum absolute atomic E-state index is 12.8. The Morgan fingerprint density at radius 1 is 1.30 bits per heavy atom. The van der Waals surface area contributed by atoms with Crippen molar-refractivity contribution in [1.29, 1.82) is 0 Å². The van der Waals surface area contributed by atoms with E-state index in [4.69, 9.17) is 0 Å². The van der Waals surface area contributed by atoms with Crippen molar-refractivity contribution in [3.8, 4) is 11.3 Å². The van der Waals surface area contributed by atoms with Gasteiger partial charge in [0, 0.05) is 17.7 Å². The summed E-state index contributed by atoms with van der Waals surface area (Å²) in [6.07, 6.45) is -1.04. The number of oxime groups is 1. The van der Waals surface area contributed by atoms with Gasteiger partial charge in [-0.1, -0.05) is 47.2 Å². The first-order valence-electron chi connectivity index (χ1n) is 6.57. The van der Waals surface area contributed by atoms with Gasteiger partial charge in [0.25, 0.3) is 0 Å². The number of benzene rings is 1. The van der Waals surface area contributed by atoms with Crippen LogP contribution in [0.5, 0.6) is 0 Å². The summed E-state index contributed by atoms with van der Waals surface area (Å²) in [6, 6.07) is 9.50. The highest BCUT2D eigenvalue weighted by Gasteiger charge is 2.13. The van der Waals surface area contributed by atoms with Crippen molar-refractivity contribution < 1.29 is 18.0 Å². The average molecular weight is 358 g/mol. The standard InChI is InChI=1S/C15H13F3N2OS2/c1-21-19-9-12-13(10-5-3-2-4-6-10)20-15(23-12)22-8-7-11(16)14(17)18/h2-6,9H,7-8H2,1H3/b19-9-. The van der Waals surface area contributed by atoms with Gasteiger partial charge in [-0.15, -0.1) is 11.3 Å². The van der Waals surface area contributed by atoms with Gasteiger partial charge in [-0.05, 0) is 0 Å². The van der Waals surface area contributed by atoms with E-state index >= 15 is 0 Å².